The van der Waals surface area contributed by atoms with E-state index >= 15 is 0 Å². The van der Waals surface area contributed by atoms with Gasteiger partial charge in [0.25, 0.3) is 0 Å². The van der Waals surface area contributed by atoms with Crippen molar-refractivity contribution in [2.24, 2.45) is 11.8 Å². The van der Waals surface area contributed by atoms with E-state index < -0.39 is 0 Å². The maximum absolute atomic E-state index is 12.4. The summed E-state index contributed by atoms with van der Waals surface area (Å²) in [5.74, 6) is 0.271. The Morgan fingerprint density at radius 2 is 1.81 bits per heavy atom. The summed E-state index contributed by atoms with van der Waals surface area (Å²) < 4.78 is 0. The van der Waals surface area contributed by atoms with Crippen LogP contribution in [0.5, 0.6) is 0 Å². The van der Waals surface area contributed by atoms with Gasteiger partial charge in [-0.15, -0.1) is 0 Å². The first-order chi connectivity index (χ1) is 10.1. The third-order valence-electron chi connectivity index (χ3n) is 5.14. The second kappa shape index (κ2) is 5.63. The highest BCUT2D eigenvalue weighted by molar-refractivity contribution is 6.00. The van der Waals surface area contributed by atoms with E-state index in [4.69, 9.17) is 0 Å². The maximum atomic E-state index is 12.4. The van der Waals surface area contributed by atoms with Gasteiger partial charge in [-0.2, -0.15) is 0 Å². The van der Waals surface area contributed by atoms with Crippen molar-refractivity contribution in [1.82, 2.24) is 5.32 Å². The predicted molar refractivity (Wildman–Crippen MR) is 81.9 cm³/mol. The SMILES string of the molecule is Cc1ccc(C2CC(=O)NC(=O)C2C2CCCC2)c(C)c1. The highest BCUT2D eigenvalue weighted by atomic mass is 16.2. The van der Waals surface area contributed by atoms with Crippen molar-refractivity contribution in [1.29, 1.82) is 0 Å². The Morgan fingerprint density at radius 1 is 1.10 bits per heavy atom. The number of rotatable bonds is 2. The van der Waals surface area contributed by atoms with E-state index in [9.17, 15) is 9.59 Å². The average Bonchev–Trinajstić information content (AvgIpc) is 2.91. The molecule has 1 N–H and O–H groups in total. The fourth-order valence-corrected chi connectivity index (χ4v) is 4.19. The van der Waals surface area contributed by atoms with Crippen molar-refractivity contribution in [3.63, 3.8) is 0 Å². The Kier molecular flexibility index (Phi) is 3.83. The number of benzene rings is 1. The molecule has 112 valence electrons. The molecule has 1 aromatic carbocycles. The number of carbonyl (C=O) groups is 2. The van der Waals surface area contributed by atoms with Crippen LogP contribution in [0.25, 0.3) is 0 Å². The van der Waals surface area contributed by atoms with Crippen molar-refractivity contribution >= 4 is 11.8 Å². The topological polar surface area (TPSA) is 46.2 Å². The first kappa shape index (κ1) is 14.3. The van der Waals surface area contributed by atoms with Crippen LogP contribution < -0.4 is 5.32 Å². The van der Waals surface area contributed by atoms with Crippen LogP contribution in [0.4, 0.5) is 0 Å². The largest absolute Gasteiger partial charge is 0.296 e. The number of hydrogen-bond donors (Lipinski definition) is 1. The van der Waals surface area contributed by atoms with E-state index in [1.54, 1.807) is 0 Å². The molecule has 2 atom stereocenters. The lowest BCUT2D eigenvalue weighted by molar-refractivity contribution is -0.138. The average molecular weight is 285 g/mol. The van der Waals surface area contributed by atoms with Crippen molar-refractivity contribution in [2.45, 2.75) is 51.9 Å². The highest BCUT2D eigenvalue weighted by Gasteiger charge is 2.42. The molecule has 2 amide bonds. The van der Waals surface area contributed by atoms with E-state index in [1.165, 1.54) is 29.5 Å². The van der Waals surface area contributed by atoms with Crippen molar-refractivity contribution in [3.05, 3.63) is 34.9 Å². The van der Waals surface area contributed by atoms with Crippen LogP contribution in [0.1, 0.15) is 54.7 Å². The fraction of sp³-hybridized carbons (Fsp3) is 0.556. The minimum atomic E-state index is -0.126. The summed E-state index contributed by atoms with van der Waals surface area (Å²) in [6, 6.07) is 6.35. The van der Waals surface area contributed by atoms with Gasteiger partial charge >= 0.3 is 0 Å². The highest BCUT2D eigenvalue weighted by Crippen LogP contribution is 2.43. The zero-order valence-corrected chi connectivity index (χ0v) is 12.8. The zero-order valence-electron chi connectivity index (χ0n) is 12.8. The molecule has 1 heterocycles. The van der Waals surface area contributed by atoms with Crippen LogP contribution in [0, 0.1) is 25.7 Å². The Balaban J connectivity index is 1.98. The minimum absolute atomic E-state index is 0.0355. The summed E-state index contributed by atoms with van der Waals surface area (Å²) in [6.45, 7) is 4.16. The number of carbonyl (C=O) groups excluding carboxylic acids is 2. The summed E-state index contributed by atoms with van der Waals surface area (Å²) in [5, 5.41) is 2.56. The quantitative estimate of drug-likeness (QED) is 0.848. The first-order valence-electron chi connectivity index (χ1n) is 7.97. The lowest BCUT2D eigenvalue weighted by atomic mass is 9.72. The lowest BCUT2D eigenvalue weighted by Crippen LogP contribution is -2.47. The van der Waals surface area contributed by atoms with Gasteiger partial charge in [-0.3, -0.25) is 14.9 Å². The number of imide groups is 1. The summed E-state index contributed by atoms with van der Waals surface area (Å²) >= 11 is 0. The Bertz CT molecular complexity index is 573. The molecule has 21 heavy (non-hydrogen) atoms. The molecule has 1 aromatic rings. The maximum Gasteiger partial charge on any atom is 0.230 e. The Morgan fingerprint density at radius 3 is 2.48 bits per heavy atom. The van der Waals surface area contributed by atoms with Gasteiger partial charge in [-0.1, -0.05) is 36.6 Å². The molecule has 0 aromatic heterocycles. The monoisotopic (exact) mass is 285 g/mol. The molecule has 3 heteroatoms. The number of nitrogens with one attached hydrogen (secondary N) is 1. The third kappa shape index (κ3) is 2.74. The van der Waals surface area contributed by atoms with Gasteiger partial charge in [0.2, 0.25) is 11.8 Å². The predicted octanol–water partition coefficient (Wildman–Crippen LogP) is 3.24. The molecule has 0 bridgehead atoms. The molecular formula is C18H23NO2. The van der Waals surface area contributed by atoms with Gasteiger partial charge in [-0.25, -0.2) is 0 Å². The number of piperidine rings is 1. The zero-order chi connectivity index (χ0) is 15.0. The van der Waals surface area contributed by atoms with E-state index in [2.05, 4.69) is 37.4 Å². The number of amides is 2. The normalized spacial score (nSPS) is 27.0. The molecule has 0 spiro atoms. The summed E-state index contributed by atoms with van der Waals surface area (Å²) in [6.07, 6.45) is 5.10. The molecular weight excluding hydrogens is 262 g/mol. The first-order valence-corrected chi connectivity index (χ1v) is 7.97. The van der Waals surface area contributed by atoms with Crippen molar-refractivity contribution in [3.8, 4) is 0 Å². The van der Waals surface area contributed by atoms with E-state index in [0.717, 1.165) is 12.8 Å². The smallest absolute Gasteiger partial charge is 0.230 e. The molecule has 3 rings (SSSR count). The molecule has 0 radical (unpaired) electrons. The van der Waals surface area contributed by atoms with Crippen LogP contribution in [-0.2, 0) is 9.59 Å². The van der Waals surface area contributed by atoms with Crippen molar-refractivity contribution in [2.75, 3.05) is 0 Å². The molecule has 1 saturated carbocycles. The summed E-state index contributed by atoms with van der Waals surface area (Å²) in [4.78, 5) is 24.3. The lowest BCUT2D eigenvalue weighted by Gasteiger charge is -2.35. The Hall–Kier alpha value is -1.64. The second-order valence-electron chi connectivity index (χ2n) is 6.65. The molecule has 2 unspecified atom stereocenters. The van der Waals surface area contributed by atoms with Gasteiger partial charge in [0.1, 0.15) is 0 Å². The fourth-order valence-electron chi connectivity index (χ4n) is 4.19. The molecule has 1 aliphatic heterocycles. The van der Waals surface area contributed by atoms with Crippen LogP contribution in [-0.4, -0.2) is 11.8 Å². The molecule has 1 aliphatic carbocycles. The summed E-state index contributed by atoms with van der Waals surface area (Å²) in [7, 11) is 0. The van der Waals surface area contributed by atoms with Gasteiger partial charge in [-0.05, 0) is 43.7 Å². The minimum Gasteiger partial charge on any atom is -0.296 e. The second-order valence-corrected chi connectivity index (χ2v) is 6.65. The summed E-state index contributed by atoms with van der Waals surface area (Å²) in [5.41, 5.74) is 3.60. The van der Waals surface area contributed by atoms with Gasteiger partial charge < -0.3 is 0 Å². The van der Waals surface area contributed by atoms with Crippen LogP contribution in [0.3, 0.4) is 0 Å². The Labute approximate surface area is 126 Å². The van der Waals surface area contributed by atoms with Gasteiger partial charge in [0.05, 0.1) is 0 Å². The van der Waals surface area contributed by atoms with E-state index in [1.807, 2.05) is 0 Å². The molecule has 1 saturated heterocycles. The molecule has 2 fully saturated rings. The van der Waals surface area contributed by atoms with Gasteiger partial charge in [0.15, 0.2) is 0 Å². The van der Waals surface area contributed by atoms with Crippen LogP contribution in [0.15, 0.2) is 18.2 Å². The van der Waals surface area contributed by atoms with Crippen LogP contribution >= 0.6 is 0 Å². The van der Waals surface area contributed by atoms with Gasteiger partial charge in [0, 0.05) is 18.3 Å². The van der Waals surface area contributed by atoms with Crippen LogP contribution in [0.2, 0.25) is 0 Å². The standard InChI is InChI=1S/C18H23NO2/c1-11-7-8-14(12(2)9-11)15-10-16(20)19-18(21)17(15)13-5-3-4-6-13/h7-9,13,15,17H,3-6,10H2,1-2H3,(H,19,20,21). The van der Waals surface area contributed by atoms with E-state index in [-0.39, 0.29) is 23.7 Å². The van der Waals surface area contributed by atoms with E-state index in [0.29, 0.717) is 12.3 Å². The molecule has 2 aliphatic rings. The van der Waals surface area contributed by atoms with Crippen molar-refractivity contribution < 1.29 is 9.59 Å². The number of hydrogen-bond acceptors (Lipinski definition) is 2. The molecule has 3 nitrogen and oxygen atoms in total. The number of aryl methyl sites for hydroxylation is 2. The third-order valence-corrected chi connectivity index (χ3v) is 5.14.